The molecule has 1 aliphatic rings. The second kappa shape index (κ2) is 8.33. The Kier molecular flexibility index (Phi) is 6.17. The normalized spacial score (nSPS) is 17.1. The third kappa shape index (κ3) is 4.71. The van der Waals surface area contributed by atoms with E-state index < -0.39 is 18.0 Å². The molecule has 0 unspecified atom stereocenters. The highest BCUT2D eigenvalue weighted by Crippen LogP contribution is 2.22. The van der Waals surface area contributed by atoms with Gasteiger partial charge < -0.3 is 19.5 Å². The zero-order valence-electron chi connectivity index (χ0n) is 13.8. The second-order valence-corrected chi connectivity index (χ2v) is 5.47. The average Bonchev–Trinajstić information content (AvgIpc) is 2.61. The summed E-state index contributed by atoms with van der Waals surface area (Å²) in [6.07, 6.45) is 2.00. The molecule has 1 saturated carbocycles. The molecule has 1 N–H and O–H groups in total. The van der Waals surface area contributed by atoms with Crippen LogP contribution in [0.25, 0.3) is 0 Å². The first-order chi connectivity index (χ1) is 11.5. The molecule has 0 heterocycles. The van der Waals surface area contributed by atoms with Crippen LogP contribution in [0, 0.1) is 0 Å². The van der Waals surface area contributed by atoms with Crippen LogP contribution in [0.4, 0.5) is 0 Å². The van der Waals surface area contributed by atoms with E-state index in [1.165, 1.54) is 26.4 Å². The summed E-state index contributed by atoms with van der Waals surface area (Å²) in [7, 11) is 2.96. The number of Topliss-reactive ketones (excluding diaryl/α,β-unsaturated/α-hetero) is 1. The summed E-state index contributed by atoms with van der Waals surface area (Å²) in [4.78, 5) is 35.6. The lowest BCUT2D eigenvalue weighted by Crippen LogP contribution is -2.36. The molecule has 1 aliphatic carbocycles. The summed E-state index contributed by atoms with van der Waals surface area (Å²) >= 11 is 0. The summed E-state index contributed by atoms with van der Waals surface area (Å²) < 4.78 is 15.3. The van der Waals surface area contributed by atoms with Gasteiger partial charge in [0.05, 0.1) is 14.2 Å². The van der Waals surface area contributed by atoms with Gasteiger partial charge in [0.1, 0.15) is 18.0 Å². The Morgan fingerprint density at radius 3 is 2.38 bits per heavy atom. The number of ketones is 1. The minimum absolute atomic E-state index is 0.0570. The number of esters is 1. The highest BCUT2D eigenvalue weighted by molar-refractivity contribution is 5.97. The summed E-state index contributed by atoms with van der Waals surface area (Å²) in [5.41, 5.74) is 0.299. The van der Waals surface area contributed by atoms with Crippen molar-refractivity contribution in [2.24, 2.45) is 0 Å². The quantitative estimate of drug-likeness (QED) is 0.792. The number of ether oxygens (including phenoxy) is 3. The molecule has 1 atom stereocenters. The molecule has 2 rings (SSSR count). The Bertz CT molecular complexity index is 605. The first-order valence-corrected chi connectivity index (χ1v) is 7.77. The van der Waals surface area contributed by atoms with Crippen LogP contribution in [0.3, 0.4) is 0 Å². The molecule has 0 bridgehead atoms. The first kappa shape index (κ1) is 17.8. The van der Waals surface area contributed by atoms with Crippen LogP contribution in [0.2, 0.25) is 0 Å². The van der Waals surface area contributed by atoms with E-state index in [1.807, 2.05) is 0 Å². The first-order valence-electron chi connectivity index (χ1n) is 7.77. The zero-order valence-corrected chi connectivity index (χ0v) is 13.8. The maximum Gasteiger partial charge on any atom is 0.326 e. The number of nitrogens with one attached hydrogen (secondary N) is 1. The third-order valence-corrected chi connectivity index (χ3v) is 3.78. The van der Waals surface area contributed by atoms with Crippen molar-refractivity contribution >= 4 is 17.7 Å². The van der Waals surface area contributed by atoms with Crippen molar-refractivity contribution in [3.8, 4) is 11.5 Å². The maximum absolute atomic E-state index is 12.1. The molecule has 1 aromatic carbocycles. The number of amides is 1. The van der Waals surface area contributed by atoms with Crippen LogP contribution in [-0.4, -0.2) is 44.5 Å². The van der Waals surface area contributed by atoms with Gasteiger partial charge >= 0.3 is 5.97 Å². The van der Waals surface area contributed by atoms with Crippen molar-refractivity contribution in [1.82, 2.24) is 5.32 Å². The molecule has 7 nitrogen and oxygen atoms in total. The number of carbonyl (C=O) groups excluding carboxylic acids is 3. The predicted molar refractivity (Wildman–Crippen MR) is 85.2 cm³/mol. The highest BCUT2D eigenvalue weighted by Gasteiger charge is 2.25. The number of methoxy groups -OCH3 is 2. The Morgan fingerprint density at radius 1 is 1.12 bits per heavy atom. The topological polar surface area (TPSA) is 90.9 Å². The standard InChI is InChI=1S/C17H21NO6/c1-22-12-7-11(8-13(9-12)23-2)17(21)18-10-16(20)24-15-6-4-3-5-14(15)19/h7-9,15H,3-6,10H2,1-2H3,(H,18,21)/t15-/m1/s1. The van der Waals surface area contributed by atoms with Crippen LogP contribution in [0.5, 0.6) is 11.5 Å². The molecule has 130 valence electrons. The monoisotopic (exact) mass is 335 g/mol. The lowest BCUT2D eigenvalue weighted by atomic mass is 9.96. The van der Waals surface area contributed by atoms with Crippen LogP contribution >= 0.6 is 0 Å². The van der Waals surface area contributed by atoms with E-state index in [-0.39, 0.29) is 12.3 Å². The van der Waals surface area contributed by atoms with Gasteiger partial charge in [-0.05, 0) is 31.4 Å². The van der Waals surface area contributed by atoms with Crippen molar-refractivity contribution in [2.75, 3.05) is 20.8 Å². The van der Waals surface area contributed by atoms with Crippen LogP contribution in [0.1, 0.15) is 36.0 Å². The van der Waals surface area contributed by atoms with Gasteiger partial charge in [-0.15, -0.1) is 0 Å². The van der Waals surface area contributed by atoms with Crippen molar-refractivity contribution in [3.05, 3.63) is 23.8 Å². The Balaban J connectivity index is 1.90. The Hall–Kier alpha value is -2.57. The van der Waals surface area contributed by atoms with E-state index in [4.69, 9.17) is 14.2 Å². The van der Waals surface area contributed by atoms with Gasteiger partial charge in [-0.25, -0.2) is 0 Å². The van der Waals surface area contributed by atoms with Gasteiger partial charge in [-0.1, -0.05) is 0 Å². The molecular weight excluding hydrogens is 314 g/mol. The van der Waals surface area contributed by atoms with Crippen LogP contribution < -0.4 is 14.8 Å². The maximum atomic E-state index is 12.1. The minimum atomic E-state index is -0.680. The summed E-state index contributed by atoms with van der Waals surface area (Å²) in [6, 6.07) is 4.71. The molecule has 0 aromatic heterocycles. The smallest absolute Gasteiger partial charge is 0.326 e. The molecule has 0 spiro atoms. The van der Waals surface area contributed by atoms with E-state index >= 15 is 0 Å². The fourth-order valence-corrected chi connectivity index (χ4v) is 2.47. The fourth-order valence-electron chi connectivity index (χ4n) is 2.47. The molecule has 24 heavy (non-hydrogen) atoms. The summed E-state index contributed by atoms with van der Waals surface area (Å²) in [5.74, 6) is -0.208. The highest BCUT2D eigenvalue weighted by atomic mass is 16.5. The number of hydrogen-bond acceptors (Lipinski definition) is 6. The Morgan fingerprint density at radius 2 is 1.79 bits per heavy atom. The van der Waals surface area contributed by atoms with E-state index in [2.05, 4.69) is 5.32 Å². The van der Waals surface area contributed by atoms with Gasteiger partial charge in [0.2, 0.25) is 0 Å². The van der Waals surface area contributed by atoms with Crippen LogP contribution in [0.15, 0.2) is 18.2 Å². The molecular formula is C17H21NO6. The van der Waals surface area contributed by atoms with Gasteiger partial charge in [-0.2, -0.15) is 0 Å². The van der Waals surface area contributed by atoms with Crippen molar-refractivity contribution in [3.63, 3.8) is 0 Å². The summed E-state index contributed by atoms with van der Waals surface area (Å²) in [6.45, 7) is -0.303. The number of rotatable bonds is 6. The third-order valence-electron chi connectivity index (χ3n) is 3.78. The number of hydrogen-bond donors (Lipinski definition) is 1. The van der Waals surface area contributed by atoms with Gasteiger partial charge in [0.15, 0.2) is 11.9 Å². The van der Waals surface area contributed by atoms with Gasteiger partial charge in [0.25, 0.3) is 5.91 Å². The second-order valence-electron chi connectivity index (χ2n) is 5.47. The molecule has 1 fully saturated rings. The van der Waals surface area contributed by atoms with E-state index in [0.29, 0.717) is 29.9 Å². The van der Waals surface area contributed by atoms with E-state index in [0.717, 1.165) is 12.8 Å². The van der Waals surface area contributed by atoms with E-state index in [1.54, 1.807) is 6.07 Å². The Labute approximate surface area is 140 Å². The molecule has 0 aliphatic heterocycles. The fraction of sp³-hybridized carbons (Fsp3) is 0.471. The largest absolute Gasteiger partial charge is 0.497 e. The van der Waals surface area contributed by atoms with Crippen LogP contribution in [-0.2, 0) is 14.3 Å². The molecule has 1 aromatic rings. The van der Waals surface area contributed by atoms with Crippen molar-refractivity contribution < 1.29 is 28.6 Å². The number of benzene rings is 1. The van der Waals surface area contributed by atoms with Gasteiger partial charge in [0, 0.05) is 18.1 Å². The van der Waals surface area contributed by atoms with Crippen molar-refractivity contribution in [1.29, 1.82) is 0 Å². The number of carbonyl (C=O) groups is 3. The summed E-state index contributed by atoms with van der Waals surface area (Å²) in [5, 5.41) is 2.47. The lowest BCUT2D eigenvalue weighted by Gasteiger charge is -2.20. The predicted octanol–water partition coefficient (Wildman–Crippen LogP) is 1.49. The molecule has 0 saturated heterocycles. The zero-order chi connectivity index (χ0) is 17.5. The molecule has 7 heteroatoms. The molecule has 0 radical (unpaired) electrons. The SMILES string of the molecule is COc1cc(OC)cc(C(=O)NCC(=O)O[C@@H]2CCCCC2=O)c1. The van der Waals surface area contributed by atoms with Gasteiger partial charge in [-0.3, -0.25) is 14.4 Å². The lowest BCUT2D eigenvalue weighted by molar-refractivity contribution is -0.155. The minimum Gasteiger partial charge on any atom is -0.497 e. The van der Waals surface area contributed by atoms with E-state index in [9.17, 15) is 14.4 Å². The molecule has 1 amide bonds. The average molecular weight is 335 g/mol. The van der Waals surface area contributed by atoms with Crippen molar-refractivity contribution in [2.45, 2.75) is 31.8 Å².